The van der Waals surface area contributed by atoms with Crippen LogP contribution in [0.3, 0.4) is 0 Å². The van der Waals surface area contributed by atoms with E-state index in [1.165, 1.54) is 12.1 Å². The van der Waals surface area contributed by atoms with Crippen LogP contribution < -0.4 is 5.32 Å². The second-order valence-electron chi connectivity index (χ2n) is 4.08. The summed E-state index contributed by atoms with van der Waals surface area (Å²) in [6.45, 7) is 2.43. The Morgan fingerprint density at radius 2 is 2.35 bits per heavy atom. The Labute approximate surface area is 98.4 Å². The van der Waals surface area contributed by atoms with E-state index >= 15 is 0 Å². The predicted molar refractivity (Wildman–Crippen MR) is 59.4 cm³/mol. The van der Waals surface area contributed by atoms with Gasteiger partial charge in [0.05, 0.1) is 12.1 Å². The molecule has 2 rings (SSSR count). The summed E-state index contributed by atoms with van der Waals surface area (Å²) in [6, 6.07) is 3.64. The second-order valence-corrected chi connectivity index (χ2v) is 4.08. The molecular weight excluding hydrogens is 225 g/mol. The summed E-state index contributed by atoms with van der Waals surface area (Å²) in [5, 5.41) is 12.1. The molecule has 0 spiro atoms. The van der Waals surface area contributed by atoms with Gasteiger partial charge in [0.25, 0.3) is 5.91 Å². The summed E-state index contributed by atoms with van der Waals surface area (Å²) in [6.07, 6.45) is 0.607. The predicted octanol–water partition coefficient (Wildman–Crippen LogP) is 1.44. The van der Waals surface area contributed by atoms with Crippen molar-refractivity contribution in [1.29, 1.82) is 0 Å². The first-order chi connectivity index (χ1) is 8.09. The fraction of sp³-hybridized carbons (Fsp3) is 0.417. The number of phenols is 1. The smallest absolute Gasteiger partial charge is 0.258 e. The van der Waals surface area contributed by atoms with Crippen molar-refractivity contribution in [2.75, 3.05) is 6.61 Å². The average molecular weight is 239 g/mol. The monoisotopic (exact) mass is 239 g/mol. The van der Waals surface area contributed by atoms with E-state index in [0.29, 0.717) is 13.0 Å². The number of amides is 1. The Balaban J connectivity index is 2.14. The topological polar surface area (TPSA) is 58.6 Å². The number of halogens is 1. The van der Waals surface area contributed by atoms with Crippen LogP contribution in [0, 0.1) is 5.82 Å². The molecule has 1 amide bonds. The van der Waals surface area contributed by atoms with Gasteiger partial charge in [-0.2, -0.15) is 0 Å². The molecule has 1 aromatic rings. The van der Waals surface area contributed by atoms with Gasteiger partial charge < -0.3 is 15.2 Å². The molecule has 1 saturated heterocycles. The third-order valence-electron chi connectivity index (χ3n) is 2.91. The van der Waals surface area contributed by atoms with Gasteiger partial charge >= 0.3 is 0 Å². The zero-order chi connectivity index (χ0) is 12.4. The van der Waals surface area contributed by atoms with E-state index in [-0.39, 0.29) is 23.5 Å². The minimum absolute atomic E-state index is 0.0899. The van der Waals surface area contributed by atoms with Gasteiger partial charge in [0, 0.05) is 6.61 Å². The maximum atomic E-state index is 13.4. The lowest BCUT2D eigenvalue weighted by molar-refractivity contribution is 0.0860. The van der Waals surface area contributed by atoms with Crippen molar-refractivity contribution < 1.29 is 19.0 Å². The summed E-state index contributed by atoms with van der Waals surface area (Å²) in [5.74, 6) is -1.69. The first-order valence-electron chi connectivity index (χ1n) is 5.49. The molecule has 1 heterocycles. The lowest BCUT2D eigenvalue weighted by atomic mass is 10.1. The van der Waals surface area contributed by atoms with Crippen molar-refractivity contribution in [2.24, 2.45) is 0 Å². The first-order valence-corrected chi connectivity index (χ1v) is 5.49. The number of benzene rings is 1. The molecule has 1 aliphatic heterocycles. The van der Waals surface area contributed by atoms with Crippen LogP contribution in [0.25, 0.3) is 0 Å². The van der Waals surface area contributed by atoms with E-state index in [2.05, 4.69) is 5.32 Å². The number of aromatic hydroxyl groups is 1. The lowest BCUT2D eigenvalue weighted by Gasteiger charge is -2.16. The molecule has 1 aliphatic rings. The normalized spacial score (nSPS) is 23.6. The van der Waals surface area contributed by atoms with Crippen molar-refractivity contribution in [2.45, 2.75) is 25.5 Å². The van der Waals surface area contributed by atoms with Crippen LogP contribution in [0.1, 0.15) is 23.7 Å². The Morgan fingerprint density at radius 1 is 1.59 bits per heavy atom. The highest BCUT2D eigenvalue weighted by Gasteiger charge is 2.27. The van der Waals surface area contributed by atoms with Crippen molar-refractivity contribution in [3.63, 3.8) is 0 Å². The molecule has 2 atom stereocenters. The lowest BCUT2D eigenvalue weighted by Crippen LogP contribution is -2.39. The maximum absolute atomic E-state index is 13.4. The molecule has 0 bridgehead atoms. The van der Waals surface area contributed by atoms with E-state index in [1.54, 1.807) is 0 Å². The second kappa shape index (κ2) is 4.71. The molecule has 5 heteroatoms. The average Bonchev–Trinajstić information content (AvgIpc) is 2.64. The standard InChI is InChI=1S/C12H14FNO3/c1-7-9(5-6-17-7)14-12(16)11-8(13)3-2-4-10(11)15/h2-4,7,9,15H,5-6H2,1H3,(H,14,16)/t7-,9+/m0/s1. The van der Waals surface area contributed by atoms with Crippen LogP contribution in [-0.4, -0.2) is 29.8 Å². The highest BCUT2D eigenvalue weighted by molar-refractivity contribution is 5.97. The van der Waals surface area contributed by atoms with Gasteiger partial charge in [-0.05, 0) is 25.5 Å². The number of carbonyl (C=O) groups excluding carboxylic acids is 1. The minimum Gasteiger partial charge on any atom is -0.507 e. The van der Waals surface area contributed by atoms with Gasteiger partial charge in [0.1, 0.15) is 17.1 Å². The van der Waals surface area contributed by atoms with Crippen LogP contribution in [0.5, 0.6) is 5.75 Å². The summed E-state index contributed by atoms with van der Waals surface area (Å²) >= 11 is 0. The maximum Gasteiger partial charge on any atom is 0.258 e. The number of nitrogens with one attached hydrogen (secondary N) is 1. The zero-order valence-corrected chi connectivity index (χ0v) is 9.44. The molecule has 0 radical (unpaired) electrons. The van der Waals surface area contributed by atoms with E-state index in [1.807, 2.05) is 6.92 Å². The Hall–Kier alpha value is -1.62. The minimum atomic E-state index is -0.728. The van der Waals surface area contributed by atoms with Crippen LogP contribution >= 0.6 is 0 Å². The van der Waals surface area contributed by atoms with Crippen molar-refractivity contribution in [3.8, 4) is 5.75 Å². The van der Waals surface area contributed by atoms with Gasteiger partial charge in [-0.15, -0.1) is 0 Å². The van der Waals surface area contributed by atoms with E-state index < -0.39 is 11.7 Å². The van der Waals surface area contributed by atoms with E-state index in [4.69, 9.17) is 4.74 Å². The van der Waals surface area contributed by atoms with Gasteiger partial charge in [0.15, 0.2) is 0 Å². The van der Waals surface area contributed by atoms with Gasteiger partial charge in [0.2, 0.25) is 0 Å². The zero-order valence-electron chi connectivity index (χ0n) is 9.44. The molecule has 1 fully saturated rings. The molecule has 2 N–H and O–H groups in total. The molecule has 17 heavy (non-hydrogen) atoms. The number of ether oxygens (including phenoxy) is 1. The summed E-state index contributed by atoms with van der Waals surface area (Å²) in [7, 11) is 0. The van der Waals surface area contributed by atoms with Crippen LogP contribution in [-0.2, 0) is 4.74 Å². The molecule has 0 aliphatic carbocycles. The van der Waals surface area contributed by atoms with Gasteiger partial charge in [-0.3, -0.25) is 4.79 Å². The number of rotatable bonds is 2. The molecular formula is C12H14FNO3. The fourth-order valence-electron chi connectivity index (χ4n) is 1.90. The number of hydrogen-bond acceptors (Lipinski definition) is 3. The molecule has 92 valence electrons. The quantitative estimate of drug-likeness (QED) is 0.821. The highest BCUT2D eigenvalue weighted by Crippen LogP contribution is 2.21. The van der Waals surface area contributed by atoms with Crippen LogP contribution in [0.15, 0.2) is 18.2 Å². The molecule has 4 nitrogen and oxygen atoms in total. The highest BCUT2D eigenvalue weighted by atomic mass is 19.1. The molecule has 0 aromatic heterocycles. The molecule has 1 aromatic carbocycles. The summed E-state index contributed by atoms with van der Waals surface area (Å²) in [5.41, 5.74) is -0.313. The van der Waals surface area contributed by atoms with Gasteiger partial charge in [-0.25, -0.2) is 4.39 Å². The summed E-state index contributed by atoms with van der Waals surface area (Å²) < 4.78 is 18.7. The van der Waals surface area contributed by atoms with Crippen molar-refractivity contribution in [1.82, 2.24) is 5.32 Å². The number of hydrogen-bond donors (Lipinski definition) is 2. The largest absolute Gasteiger partial charge is 0.507 e. The third-order valence-corrected chi connectivity index (χ3v) is 2.91. The molecule has 0 saturated carbocycles. The first kappa shape index (κ1) is 11.9. The van der Waals surface area contributed by atoms with Crippen molar-refractivity contribution >= 4 is 5.91 Å². The SMILES string of the molecule is C[C@@H]1OCC[C@H]1NC(=O)c1c(O)cccc1F. The summed E-state index contributed by atoms with van der Waals surface area (Å²) in [4.78, 5) is 11.8. The van der Waals surface area contributed by atoms with E-state index in [9.17, 15) is 14.3 Å². The van der Waals surface area contributed by atoms with E-state index in [0.717, 1.165) is 6.07 Å². The Morgan fingerprint density at radius 3 is 2.94 bits per heavy atom. The third kappa shape index (κ3) is 2.39. The van der Waals surface area contributed by atoms with Crippen LogP contribution in [0.2, 0.25) is 0 Å². The number of phenolic OH excluding ortho intramolecular Hbond substituents is 1. The van der Waals surface area contributed by atoms with Crippen LogP contribution in [0.4, 0.5) is 4.39 Å². The Bertz CT molecular complexity index is 416. The van der Waals surface area contributed by atoms with Gasteiger partial charge in [-0.1, -0.05) is 6.07 Å². The Kier molecular flexibility index (Phi) is 3.28. The van der Waals surface area contributed by atoms with Crippen molar-refractivity contribution in [3.05, 3.63) is 29.6 Å². The number of carbonyl (C=O) groups is 1. The fourth-order valence-corrected chi connectivity index (χ4v) is 1.90. The molecule has 0 unspecified atom stereocenters.